The van der Waals surface area contributed by atoms with Gasteiger partial charge in [0.25, 0.3) is 0 Å². The van der Waals surface area contributed by atoms with Gasteiger partial charge in [0.2, 0.25) is 0 Å². The van der Waals surface area contributed by atoms with Crippen LogP contribution in [0, 0.1) is 0 Å². The molecule has 0 rings (SSSR count). The predicted molar refractivity (Wildman–Crippen MR) is 72.4 cm³/mol. The van der Waals surface area contributed by atoms with Crippen molar-refractivity contribution in [2.75, 3.05) is 6.61 Å². The fraction of sp³-hybridized carbons (Fsp3) is 1.00. The quantitative estimate of drug-likeness (QED) is 0.503. The van der Waals surface area contributed by atoms with Crippen molar-refractivity contribution in [2.45, 2.75) is 65.2 Å². The van der Waals surface area contributed by atoms with Crippen LogP contribution in [0.15, 0.2) is 0 Å². The number of rotatable bonds is 7. The van der Waals surface area contributed by atoms with Crippen molar-refractivity contribution in [1.29, 1.82) is 0 Å². The van der Waals surface area contributed by atoms with E-state index in [0.29, 0.717) is 6.10 Å². The third kappa shape index (κ3) is 12.3. The van der Waals surface area contributed by atoms with Gasteiger partial charge in [-0.15, -0.1) is 0 Å². The molecule has 0 spiro atoms. The molecule has 0 fully saturated rings. The molecule has 0 aliphatic carbocycles. The fourth-order valence-corrected chi connectivity index (χ4v) is 3.49. The molecule has 0 N–H and O–H groups in total. The molecule has 0 bridgehead atoms. The maximum Gasteiger partial charge on any atom is 0.184 e. The second-order valence-electron chi connectivity index (χ2n) is 6.14. The molecule has 1 unspecified atom stereocenters. The van der Waals surface area contributed by atoms with Gasteiger partial charge in [0.15, 0.2) is 16.6 Å². The van der Waals surface area contributed by atoms with Gasteiger partial charge in [-0.05, 0) is 59.0 Å². The zero-order valence-electron chi connectivity index (χ0n) is 11.5. The molecule has 0 heterocycles. The van der Waals surface area contributed by atoms with Crippen LogP contribution in [0.5, 0.6) is 0 Å². The Hall–Kier alpha value is 0.354. The van der Waals surface area contributed by atoms with Crippen LogP contribution < -0.4 is 0 Å². The second-order valence-corrected chi connectivity index (χ2v) is 15.1. The largest absolute Gasteiger partial charge is 0.418 e. The van der Waals surface area contributed by atoms with Crippen LogP contribution in [0.2, 0.25) is 39.3 Å². The van der Waals surface area contributed by atoms with Crippen molar-refractivity contribution in [3.8, 4) is 0 Å². The molecule has 0 amide bonds. The van der Waals surface area contributed by atoms with Gasteiger partial charge < -0.3 is 8.85 Å². The summed E-state index contributed by atoms with van der Waals surface area (Å²) >= 11 is 0. The minimum Gasteiger partial charge on any atom is -0.418 e. The van der Waals surface area contributed by atoms with Crippen LogP contribution in [-0.4, -0.2) is 29.3 Å². The second kappa shape index (κ2) is 6.18. The van der Waals surface area contributed by atoms with Gasteiger partial charge >= 0.3 is 0 Å². The van der Waals surface area contributed by atoms with Gasteiger partial charge in [-0.1, -0.05) is 0 Å². The summed E-state index contributed by atoms with van der Waals surface area (Å²) in [5.41, 5.74) is 0. The molecule has 0 saturated heterocycles. The first-order chi connectivity index (χ1) is 6.60. The summed E-state index contributed by atoms with van der Waals surface area (Å²) < 4.78 is 11.8. The summed E-state index contributed by atoms with van der Waals surface area (Å²) in [5.74, 6) is 0. The van der Waals surface area contributed by atoms with E-state index < -0.39 is 16.6 Å². The SMILES string of the molecule is CC(CCCO[Si](C)(C)C)O[Si](C)(C)C. The van der Waals surface area contributed by atoms with E-state index in [4.69, 9.17) is 8.85 Å². The first-order valence-electron chi connectivity index (χ1n) is 5.92. The van der Waals surface area contributed by atoms with Crippen molar-refractivity contribution >= 4 is 16.6 Å². The molecule has 92 valence electrons. The normalized spacial score (nSPS) is 15.4. The number of hydrogen-bond donors (Lipinski definition) is 0. The maximum absolute atomic E-state index is 5.96. The molecule has 2 nitrogen and oxygen atoms in total. The van der Waals surface area contributed by atoms with E-state index >= 15 is 0 Å². The van der Waals surface area contributed by atoms with E-state index in [2.05, 4.69) is 46.2 Å². The lowest BCUT2D eigenvalue weighted by atomic mass is 10.2. The fourth-order valence-electron chi connectivity index (χ4n) is 1.41. The Balaban J connectivity index is 3.52. The third-order valence-electron chi connectivity index (χ3n) is 1.84. The summed E-state index contributed by atoms with van der Waals surface area (Å²) in [4.78, 5) is 0. The molecule has 0 aromatic rings. The van der Waals surface area contributed by atoms with Crippen LogP contribution in [0.3, 0.4) is 0 Å². The Morgan fingerprint density at radius 2 is 1.47 bits per heavy atom. The van der Waals surface area contributed by atoms with Crippen molar-refractivity contribution in [3.05, 3.63) is 0 Å². The Morgan fingerprint density at radius 3 is 1.87 bits per heavy atom. The molecule has 0 saturated carbocycles. The summed E-state index contributed by atoms with van der Waals surface area (Å²) in [6, 6.07) is 0. The summed E-state index contributed by atoms with van der Waals surface area (Å²) in [7, 11) is -2.66. The highest BCUT2D eigenvalue weighted by molar-refractivity contribution is 6.70. The predicted octanol–water partition coefficient (Wildman–Crippen LogP) is 3.86. The molecule has 0 radical (unpaired) electrons. The van der Waals surface area contributed by atoms with Gasteiger partial charge in [0.1, 0.15) is 0 Å². The Bertz CT molecular complexity index is 170. The van der Waals surface area contributed by atoms with Crippen LogP contribution in [0.25, 0.3) is 0 Å². The zero-order chi connectivity index (χ0) is 12.1. The van der Waals surface area contributed by atoms with Crippen LogP contribution >= 0.6 is 0 Å². The van der Waals surface area contributed by atoms with Gasteiger partial charge in [-0.2, -0.15) is 0 Å². The van der Waals surface area contributed by atoms with E-state index in [0.717, 1.165) is 19.4 Å². The highest BCUT2D eigenvalue weighted by Crippen LogP contribution is 2.12. The van der Waals surface area contributed by atoms with E-state index in [1.54, 1.807) is 0 Å². The van der Waals surface area contributed by atoms with E-state index in [1.807, 2.05) is 0 Å². The lowest BCUT2D eigenvalue weighted by molar-refractivity contribution is 0.186. The van der Waals surface area contributed by atoms with E-state index in [-0.39, 0.29) is 0 Å². The Morgan fingerprint density at radius 1 is 0.933 bits per heavy atom. The first-order valence-corrected chi connectivity index (χ1v) is 12.7. The summed E-state index contributed by atoms with van der Waals surface area (Å²) in [6.07, 6.45) is 2.63. The minimum absolute atomic E-state index is 0.391. The van der Waals surface area contributed by atoms with Crippen molar-refractivity contribution in [3.63, 3.8) is 0 Å². The molecular weight excluding hydrogens is 220 g/mol. The zero-order valence-corrected chi connectivity index (χ0v) is 13.5. The van der Waals surface area contributed by atoms with Crippen molar-refractivity contribution < 1.29 is 8.85 Å². The lowest BCUT2D eigenvalue weighted by Gasteiger charge is -2.24. The highest BCUT2D eigenvalue weighted by Gasteiger charge is 2.18. The van der Waals surface area contributed by atoms with Gasteiger partial charge in [0.05, 0.1) is 0 Å². The maximum atomic E-state index is 5.96. The molecular formula is C11H28O2Si2. The van der Waals surface area contributed by atoms with Crippen LogP contribution in [0.1, 0.15) is 19.8 Å². The lowest BCUT2D eigenvalue weighted by Crippen LogP contribution is -2.31. The van der Waals surface area contributed by atoms with Gasteiger partial charge in [0, 0.05) is 12.7 Å². The molecule has 0 aromatic heterocycles. The molecule has 4 heteroatoms. The van der Waals surface area contributed by atoms with Gasteiger partial charge in [-0.25, -0.2) is 0 Å². The van der Waals surface area contributed by atoms with Crippen LogP contribution in [0.4, 0.5) is 0 Å². The average molecular weight is 249 g/mol. The van der Waals surface area contributed by atoms with E-state index in [1.165, 1.54) is 0 Å². The van der Waals surface area contributed by atoms with Crippen LogP contribution in [-0.2, 0) is 8.85 Å². The summed E-state index contributed by atoms with van der Waals surface area (Å²) in [6.45, 7) is 16.5. The monoisotopic (exact) mass is 248 g/mol. The third-order valence-corrected chi connectivity index (χ3v) is 4.02. The Labute approximate surface area is 97.6 Å². The topological polar surface area (TPSA) is 18.5 Å². The standard InChI is InChI=1S/C11H28O2Si2/c1-11(13-15(5,6)7)9-8-10-12-14(2,3)4/h11H,8-10H2,1-7H3. The van der Waals surface area contributed by atoms with Crippen molar-refractivity contribution in [1.82, 2.24) is 0 Å². The molecule has 0 aliphatic rings. The van der Waals surface area contributed by atoms with Gasteiger partial charge in [-0.3, -0.25) is 0 Å². The first kappa shape index (κ1) is 15.4. The molecule has 15 heavy (non-hydrogen) atoms. The smallest absolute Gasteiger partial charge is 0.184 e. The minimum atomic E-state index is -1.35. The molecule has 0 aliphatic heterocycles. The average Bonchev–Trinajstić information content (AvgIpc) is 1.92. The molecule has 1 atom stereocenters. The number of hydrogen-bond acceptors (Lipinski definition) is 2. The molecule has 0 aromatic carbocycles. The summed E-state index contributed by atoms with van der Waals surface area (Å²) in [5, 5.41) is 0. The Kier molecular flexibility index (Phi) is 6.32. The van der Waals surface area contributed by atoms with E-state index in [9.17, 15) is 0 Å². The highest BCUT2D eigenvalue weighted by atomic mass is 28.4. The van der Waals surface area contributed by atoms with Crippen molar-refractivity contribution in [2.24, 2.45) is 0 Å².